The summed E-state index contributed by atoms with van der Waals surface area (Å²) in [6.45, 7) is 6.51. The van der Waals surface area contributed by atoms with Crippen molar-refractivity contribution < 1.29 is 4.52 Å². The SMILES string of the molecule is Cc1noc(C2CCC(CC(C)C)CC2)n1. The highest BCUT2D eigenvalue weighted by atomic mass is 16.5. The predicted octanol–water partition coefficient (Wildman–Crippen LogP) is 3.70. The Morgan fingerprint density at radius 3 is 2.44 bits per heavy atom. The lowest BCUT2D eigenvalue weighted by Crippen LogP contribution is -2.15. The maximum atomic E-state index is 5.26. The molecular formula is C13H22N2O. The standard InChI is InChI=1S/C13H22N2O/c1-9(2)8-11-4-6-12(7-5-11)13-14-10(3)15-16-13/h9,11-12H,4-8H2,1-3H3. The number of aromatic nitrogens is 2. The van der Waals surface area contributed by atoms with E-state index in [4.69, 9.17) is 4.52 Å². The van der Waals surface area contributed by atoms with Crippen LogP contribution in [0.15, 0.2) is 4.52 Å². The molecule has 0 amide bonds. The zero-order chi connectivity index (χ0) is 11.5. The van der Waals surface area contributed by atoms with Crippen molar-refractivity contribution in [1.29, 1.82) is 0 Å². The molecule has 1 aromatic heterocycles. The zero-order valence-electron chi connectivity index (χ0n) is 10.6. The molecule has 1 saturated carbocycles. The molecule has 90 valence electrons. The fourth-order valence-electron chi connectivity index (χ4n) is 2.79. The van der Waals surface area contributed by atoms with Crippen LogP contribution in [0.5, 0.6) is 0 Å². The van der Waals surface area contributed by atoms with E-state index in [0.717, 1.165) is 23.6 Å². The number of rotatable bonds is 3. The van der Waals surface area contributed by atoms with Crippen LogP contribution in [0.2, 0.25) is 0 Å². The van der Waals surface area contributed by atoms with Gasteiger partial charge in [-0.15, -0.1) is 0 Å². The number of nitrogens with zero attached hydrogens (tertiary/aromatic N) is 2. The third-order valence-corrected chi connectivity index (χ3v) is 3.54. The van der Waals surface area contributed by atoms with Crippen LogP contribution in [-0.2, 0) is 0 Å². The molecule has 0 aliphatic heterocycles. The van der Waals surface area contributed by atoms with Gasteiger partial charge in [0.25, 0.3) is 0 Å². The van der Waals surface area contributed by atoms with Gasteiger partial charge in [-0.1, -0.05) is 19.0 Å². The van der Waals surface area contributed by atoms with Crippen LogP contribution in [0.3, 0.4) is 0 Å². The van der Waals surface area contributed by atoms with E-state index in [1.807, 2.05) is 6.92 Å². The first-order valence-electron chi connectivity index (χ1n) is 6.45. The highest BCUT2D eigenvalue weighted by Gasteiger charge is 2.26. The van der Waals surface area contributed by atoms with Crippen molar-refractivity contribution in [3.8, 4) is 0 Å². The number of aryl methyl sites for hydroxylation is 1. The van der Waals surface area contributed by atoms with Crippen molar-refractivity contribution in [2.75, 3.05) is 0 Å². The Labute approximate surface area is 97.6 Å². The Morgan fingerprint density at radius 2 is 1.94 bits per heavy atom. The summed E-state index contributed by atoms with van der Waals surface area (Å²) in [4.78, 5) is 4.34. The van der Waals surface area contributed by atoms with Crippen molar-refractivity contribution in [2.45, 2.75) is 58.8 Å². The topological polar surface area (TPSA) is 38.9 Å². The monoisotopic (exact) mass is 222 g/mol. The molecule has 0 spiro atoms. The summed E-state index contributed by atoms with van der Waals surface area (Å²) in [6.07, 6.45) is 6.46. The second kappa shape index (κ2) is 4.98. The van der Waals surface area contributed by atoms with E-state index in [1.54, 1.807) is 0 Å². The van der Waals surface area contributed by atoms with Gasteiger partial charge in [-0.2, -0.15) is 4.98 Å². The van der Waals surface area contributed by atoms with Crippen molar-refractivity contribution in [1.82, 2.24) is 10.1 Å². The molecule has 1 aliphatic carbocycles. The molecule has 1 fully saturated rings. The Kier molecular flexibility index (Phi) is 3.62. The van der Waals surface area contributed by atoms with E-state index in [9.17, 15) is 0 Å². The first-order valence-corrected chi connectivity index (χ1v) is 6.45. The van der Waals surface area contributed by atoms with E-state index in [-0.39, 0.29) is 0 Å². The summed E-state index contributed by atoms with van der Waals surface area (Å²) in [7, 11) is 0. The van der Waals surface area contributed by atoms with Gasteiger partial charge in [-0.3, -0.25) is 0 Å². The third kappa shape index (κ3) is 2.83. The quantitative estimate of drug-likeness (QED) is 0.782. The minimum absolute atomic E-state index is 0.518. The normalized spacial score (nSPS) is 26.2. The van der Waals surface area contributed by atoms with Gasteiger partial charge in [0.05, 0.1) is 0 Å². The van der Waals surface area contributed by atoms with Crippen molar-refractivity contribution >= 4 is 0 Å². The van der Waals surface area contributed by atoms with Gasteiger partial charge in [-0.05, 0) is 50.9 Å². The van der Waals surface area contributed by atoms with E-state index in [0.29, 0.717) is 5.92 Å². The molecular weight excluding hydrogens is 200 g/mol. The minimum atomic E-state index is 0.518. The Balaban J connectivity index is 1.85. The minimum Gasteiger partial charge on any atom is -0.339 e. The molecule has 16 heavy (non-hydrogen) atoms. The Hall–Kier alpha value is -0.860. The van der Waals surface area contributed by atoms with Gasteiger partial charge >= 0.3 is 0 Å². The highest BCUT2D eigenvalue weighted by molar-refractivity contribution is 4.95. The summed E-state index contributed by atoms with van der Waals surface area (Å²) >= 11 is 0. The van der Waals surface area contributed by atoms with Crippen LogP contribution in [0.25, 0.3) is 0 Å². The van der Waals surface area contributed by atoms with Crippen LogP contribution in [0, 0.1) is 18.8 Å². The zero-order valence-corrected chi connectivity index (χ0v) is 10.6. The smallest absolute Gasteiger partial charge is 0.229 e. The second-order valence-corrected chi connectivity index (χ2v) is 5.53. The Morgan fingerprint density at radius 1 is 1.25 bits per heavy atom. The third-order valence-electron chi connectivity index (χ3n) is 3.54. The van der Waals surface area contributed by atoms with Crippen LogP contribution in [-0.4, -0.2) is 10.1 Å². The van der Waals surface area contributed by atoms with Gasteiger partial charge in [-0.25, -0.2) is 0 Å². The van der Waals surface area contributed by atoms with Crippen LogP contribution in [0.1, 0.15) is 63.6 Å². The fraction of sp³-hybridized carbons (Fsp3) is 0.846. The highest BCUT2D eigenvalue weighted by Crippen LogP contribution is 2.37. The van der Waals surface area contributed by atoms with Gasteiger partial charge in [0.1, 0.15) is 0 Å². The number of hydrogen-bond donors (Lipinski definition) is 0. The molecule has 3 heteroatoms. The molecule has 2 rings (SSSR count). The lowest BCUT2D eigenvalue weighted by atomic mass is 9.78. The summed E-state index contributed by atoms with van der Waals surface area (Å²) in [6, 6.07) is 0. The fourth-order valence-corrected chi connectivity index (χ4v) is 2.79. The van der Waals surface area contributed by atoms with Crippen molar-refractivity contribution in [2.24, 2.45) is 11.8 Å². The average Bonchev–Trinajstić information content (AvgIpc) is 2.65. The first-order chi connectivity index (χ1) is 7.65. The van der Waals surface area contributed by atoms with E-state index in [1.165, 1.54) is 32.1 Å². The molecule has 1 aliphatic rings. The predicted molar refractivity (Wildman–Crippen MR) is 63.2 cm³/mol. The molecule has 0 bridgehead atoms. The van der Waals surface area contributed by atoms with E-state index in [2.05, 4.69) is 24.0 Å². The summed E-state index contributed by atoms with van der Waals surface area (Å²) in [5.74, 6) is 3.89. The van der Waals surface area contributed by atoms with E-state index < -0.39 is 0 Å². The molecule has 0 radical (unpaired) electrons. The van der Waals surface area contributed by atoms with Gasteiger partial charge < -0.3 is 4.52 Å². The molecule has 1 heterocycles. The Bertz CT molecular complexity index is 324. The maximum Gasteiger partial charge on any atom is 0.229 e. The van der Waals surface area contributed by atoms with Crippen LogP contribution >= 0.6 is 0 Å². The molecule has 0 N–H and O–H groups in total. The summed E-state index contributed by atoms with van der Waals surface area (Å²) in [5.41, 5.74) is 0. The summed E-state index contributed by atoms with van der Waals surface area (Å²) < 4.78 is 5.26. The number of hydrogen-bond acceptors (Lipinski definition) is 3. The molecule has 0 unspecified atom stereocenters. The maximum absolute atomic E-state index is 5.26. The van der Waals surface area contributed by atoms with Crippen molar-refractivity contribution in [3.05, 3.63) is 11.7 Å². The second-order valence-electron chi connectivity index (χ2n) is 5.53. The molecule has 1 aromatic rings. The van der Waals surface area contributed by atoms with Gasteiger partial charge in [0, 0.05) is 5.92 Å². The first kappa shape index (κ1) is 11.6. The van der Waals surface area contributed by atoms with Crippen LogP contribution in [0.4, 0.5) is 0 Å². The van der Waals surface area contributed by atoms with E-state index >= 15 is 0 Å². The van der Waals surface area contributed by atoms with Gasteiger partial charge in [0.2, 0.25) is 5.89 Å². The largest absolute Gasteiger partial charge is 0.339 e. The lowest BCUT2D eigenvalue weighted by molar-refractivity contribution is 0.248. The molecule has 0 aromatic carbocycles. The average molecular weight is 222 g/mol. The molecule has 0 saturated heterocycles. The van der Waals surface area contributed by atoms with Crippen molar-refractivity contribution in [3.63, 3.8) is 0 Å². The molecule has 3 nitrogen and oxygen atoms in total. The molecule has 0 atom stereocenters. The van der Waals surface area contributed by atoms with Gasteiger partial charge in [0.15, 0.2) is 5.82 Å². The summed E-state index contributed by atoms with van der Waals surface area (Å²) in [5, 5.41) is 3.87. The lowest BCUT2D eigenvalue weighted by Gasteiger charge is -2.27. The van der Waals surface area contributed by atoms with Crippen LogP contribution < -0.4 is 0 Å².